The summed E-state index contributed by atoms with van der Waals surface area (Å²) in [4.78, 5) is 4.80. The van der Waals surface area contributed by atoms with Gasteiger partial charge in [0.05, 0.1) is 47.6 Å². The van der Waals surface area contributed by atoms with E-state index in [1.54, 1.807) is 30.3 Å². The van der Waals surface area contributed by atoms with Gasteiger partial charge in [0, 0.05) is 18.5 Å². The second-order valence-corrected chi connectivity index (χ2v) is 13.5. The van der Waals surface area contributed by atoms with Crippen LogP contribution in [0.4, 0.5) is 0 Å². The van der Waals surface area contributed by atoms with E-state index < -0.39 is 16.3 Å². The van der Waals surface area contributed by atoms with Crippen LogP contribution in [0.3, 0.4) is 0 Å². The average Bonchev–Trinajstić information content (AvgIpc) is 3.53. The van der Waals surface area contributed by atoms with Crippen molar-refractivity contribution >= 4 is 21.1 Å². The van der Waals surface area contributed by atoms with Gasteiger partial charge in [-0.2, -0.15) is 0 Å². The van der Waals surface area contributed by atoms with E-state index in [4.69, 9.17) is 9.47 Å². The van der Waals surface area contributed by atoms with Crippen molar-refractivity contribution in [1.82, 2.24) is 14.3 Å². The van der Waals surface area contributed by atoms with E-state index in [1.807, 2.05) is 97.3 Å². The molecule has 6 aromatic rings. The molecule has 7 rings (SSSR count). The van der Waals surface area contributed by atoms with Crippen LogP contribution in [-0.4, -0.2) is 29.2 Å². The number of hydrogen-bond acceptors (Lipinski definition) is 6. The fraction of sp³-hybridized carbons (Fsp3) is 0.184. The molecule has 5 aromatic carbocycles. The summed E-state index contributed by atoms with van der Waals surface area (Å²) in [7, 11) is -3.61. The maximum absolute atomic E-state index is 12.7. The van der Waals surface area contributed by atoms with Gasteiger partial charge in [0.1, 0.15) is 0 Å². The summed E-state index contributed by atoms with van der Waals surface area (Å²) < 4.78 is 43.4. The molecule has 0 aliphatic carbocycles. The third-order valence-electron chi connectivity index (χ3n) is 8.51. The summed E-state index contributed by atoms with van der Waals surface area (Å²) in [6.07, 6.45) is 1.61. The summed E-state index contributed by atoms with van der Waals surface area (Å²) in [6, 6.07) is 40.3. The van der Waals surface area contributed by atoms with Crippen molar-refractivity contribution in [1.29, 1.82) is 0 Å². The highest BCUT2D eigenvalue weighted by atomic mass is 32.2. The number of fused-ring (bicyclic) bond motifs is 1. The highest BCUT2D eigenvalue weighted by molar-refractivity contribution is 7.89. The number of nitrogens with one attached hydrogen (secondary N) is 1. The van der Waals surface area contributed by atoms with Gasteiger partial charge in [0.15, 0.2) is 6.29 Å². The van der Waals surface area contributed by atoms with Crippen LogP contribution in [0.2, 0.25) is 0 Å². The monoisotopic (exact) mass is 645 g/mol. The molecule has 2 heterocycles. The first-order valence-electron chi connectivity index (χ1n) is 15.6. The van der Waals surface area contributed by atoms with E-state index in [-0.39, 0.29) is 30.3 Å². The summed E-state index contributed by atoms with van der Waals surface area (Å²) in [5.74, 6) is 0. The van der Waals surface area contributed by atoms with Crippen molar-refractivity contribution in [3.05, 3.63) is 156 Å². The number of benzene rings is 5. The predicted molar refractivity (Wildman–Crippen MR) is 181 cm³/mol. The molecule has 0 amide bonds. The fourth-order valence-electron chi connectivity index (χ4n) is 5.96. The van der Waals surface area contributed by atoms with Crippen molar-refractivity contribution in [2.45, 2.75) is 49.5 Å². The smallest absolute Gasteiger partial charge is 0.240 e. The molecule has 1 aromatic heterocycles. The lowest BCUT2D eigenvalue weighted by atomic mass is 9.99. The Morgan fingerprint density at radius 2 is 1.51 bits per heavy atom. The van der Waals surface area contributed by atoms with Crippen molar-refractivity contribution in [2.24, 2.45) is 0 Å². The first-order chi connectivity index (χ1) is 22.9. The number of para-hydroxylation sites is 2. The summed E-state index contributed by atoms with van der Waals surface area (Å²) in [5, 5.41) is 9.54. The minimum absolute atomic E-state index is 0.00752. The van der Waals surface area contributed by atoms with Gasteiger partial charge in [-0.3, -0.25) is 0 Å². The van der Waals surface area contributed by atoms with Crippen molar-refractivity contribution in [3.8, 4) is 11.1 Å². The Morgan fingerprint density at radius 1 is 0.766 bits per heavy atom. The molecule has 1 aliphatic rings. The SMILES string of the molecule is O=S(=O)(NCc1cccc(-c2ccc(C3OC(Cn4cnc5ccccc54)CC(c4ccc(CO)cc4)O3)cc2)c1)c1ccccc1. The number of aliphatic hydroxyl groups is 1. The Balaban J connectivity index is 1.09. The fourth-order valence-corrected chi connectivity index (χ4v) is 7.00. The van der Waals surface area contributed by atoms with E-state index >= 15 is 0 Å². The van der Waals surface area contributed by atoms with E-state index in [9.17, 15) is 13.5 Å². The lowest BCUT2D eigenvalue weighted by molar-refractivity contribution is -0.252. The Kier molecular flexibility index (Phi) is 8.97. The quantitative estimate of drug-likeness (QED) is 0.168. The van der Waals surface area contributed by atoms with Crippen molar-refractivity contribution in [3.63, 3.8) is 0 Å². The molecule has 9 heteroatoms. The number of hydrogen-bond donors (Lipinski definition) is 2. The standard InChI is InChI=1S/C38H35N3O5S/c42-25-27-13-15-30(16-14-27)37-22-33(24-41-26-39-35-11-4-5-12-36(35)41)45-38(46-37)31-19-17-29(18-20-31)32-8-6-7-28(21-32)23-40-47(43,44)34-9-2-1-3-10-34/h1-21,26,33,37-38,40,42H,22-25H2. The van der Waals surface area contributed by atoms with Gasteiger partial charge in [0.2, 0.25) is 10.0 Å². The number of aromatic nitrogens is 2. The van der Waals surface area contributed by atoms with E-state index in [0.717, 1.165) is 44.4 Å². The molecule has 2 N–H and O–H groups in total. The van der Waals surface area contributed by atoms with Gasteiger partial charge in [-0.15, -0.1) is 0 Å². The normalized spacial score (nSPS) is 18.4. The number of imidazole rings is 1. The topological polar surface area (TPSA) is 103 Å². The van der Waals surface area contributed by atoms with Crippen LogP contribution in [0.25, 0.3) is 22.2 Å². The summed E-state index contributed by atoms with van der Waals surface area (Å²) in [5.41, 5.74) is 7.62. The Bertz CT molecular complexity index is 2060. The molecular formula is C38H35N3O5S. The van der Waals surface area contributed by atoms with Crippen LogP contribution in [0.1, 0.15) is 41.1 Å². The minimum atomic E-state index is -3.61. The largest absolute Gasteiger partial charge is 0.392 e. The lowest BCUT2D eigenvalue weighted by Gasteiger charge is -2.36. The van der Waals surface area contributed by atoms with Crippen molar-refractivity contribution in [2.75, 3.05) is 0 Å². The van der Waals surface area contributed by atoms with Gasteiger partial charge >= 0.3 is 0 Å². The second kappa shape index (κ2) is 13.6. The zero-order valence-electron chi connectivity index (χ0n) is 25.6. The van der Waals surface area contributed by atoms with Gasteiger partial charge in [0.25, 0.3) is 0 Å². The maximum atomic E-state index is 12.7. The molecule has 3 atom stereocenters. The molecule has 1 fully saturated rings. The molecule has 0 radical (unpaired) electrons. The van der Waals surface area contributed by atoms with E-state index in [0.29, 0.717) is 13.0 Å². The van der Waals surface area contributed by atoms with Crippen LogP contribution in [0.5, 0.6) is 0 Å². The first-order valence-corrected chi connectivity index (χ1v) is 17.1. The Morgan fingerprint density at radius 3 is 2.30 bits per heavy atom. The molecule has 1 aliphatic heterocycles. The highest BCUT2D eigenvalue weighted by Gasteiger charge is 2.32. The molecular weight excluding hydrogens is 611 g/mol. The van der Waals surface area contributed by atoms with Crippen LogP contribution >= 0.6 is 0 Å². The third kappa shape index (κ3) is 7.05. The summed E-state index contributed by atoms with van der Waals surface area (Å²) in [6.45, 7) is 0.804. The third-order valence-corrected chi connectivity index (χ3v) is 9.92. The van der Waals surface area contributed by atoms with Crippen molar-refractivity contribution < 1.29 is 23.0 Å². The van der Waals surface area contributed by atoms with E-state index in [2.05, 4.69) is 20.3 Å². The average molecular weight is 646 g/mol. The molecule has 0 spiro atoms. The lowest BCUT2D eigenvalue weighted by Crippen LogP contribution is -2.32. The molecule has 47 heavy (non-hydrogen) atoms. The molecule has 8 nitrogen and oxygen atoms in total. The number of sulfonamides is 1. The van der Waals surface area contributed by atoms with Gasteiger partial charge in [-0.1, -0.05) is 97.1 Å². The second-order valence-electron chi connectivity index (χ2n) is 11.7. The first kappa shape index (κ1) is 31.0. The van der Waals surface area contributed by atoms with Gasteiger partial charge in [-0.05, 0) is 58.1 Å². The van der Waals surface area contributed by atoms with Crippen LogP contribution < -0.4 is 4.72 Å². The number of rotatable bonds is 10. The van der Waals surface area contributed by atoms with Gasteiger partial charge in [-0.25, -0.2) is 18.1 Å². The molecule has 238 valence electrons. The zero-order valence-corrected chi connectivity index (χ0v) is 26.5. The van der Waals surface area contributed by atoms with E-state index in [1.165, 1.54) is 0 Å². The van der Waals surface area contributed by atoms with Gasteiger partial charge < -0.3 is 19.1 Å². The predicted octanol–water partition coefficient (Wildman–Crippen LogP) is 6.92. The molecule has 1 saturated heterocycles. The number of nitrogens with zero attached hydrogens (tertiary/aromatic N) is 2. The molecule has 0 bridgehead atoms. The van der Waals surface area contributed by atoms with Crippen LogP contribution in [0.15, 0.2) is 139 Å². The molecule has 0 saturated carbocycles. The number of aliphatic hydroxyl groups excluding tert-OH is 1. The van der Waals surface area contributed by atoms with Crippen LogP contribution in [0, 0.1) is 0 Å². The Hall–Kier alpha value is -4.64. The maximum Gasteiger partial charge on any atom is 0.240 e. The molecule has 3 unspecified atom stereocenters. The number of ether oxygens (including phenoxy) is 2. The zero-order chi connectivity index (χ0) is 32.2. The van der Waals surface area contributed by atoms with Crippen LogP contribution in [-0.2, 0) is 39.2 Å². The highest BCUT2D eigenvalue weighted by Crippen LogP contribution is 2.39. The Labute approximate surface area is 274 Å². The minimum Gasteiger partial charge on any atom is -0.392 e. The summed E-state index contributed by atoms with van der Waals surface area (Å²) >= 11 is 0.